The number of halogens is 1. The van der Waals surface area contributed by atoms with Crippen LogP contribution in [-0.2, 0) is 6.54 Å². The van der Waals surface area contributed by atoms with Crippen LogP contribution in [-0.4, -0.2) is 25.2 Å². The van der Waals surface area contributed by atoms with Crippen molar-refractivity contribution in [1.82, 2.24) is 24.6 Å². The quantitative estimate of drug-likeness (QED) is 0.581. The molecule has 0 saturated carbocycles. The van der Waals surface area contributed by atoms with Gasteiger partial charge < -0.3 is 9.88 Å². The zero-order valence-corrected chi connectivity index (χ0v) is 15.2. The summed E-state index contributed by atoms with van der Waals surface area (Å²) >= 11 is 0. The molecule has 0 radical (unpaired) electrons. The van der Waals surface area contributed by atoms with E-state index in [1.54, 1.807) is 29.9 Å². The first-order chi connectivity index (χ1) is 13.6. The van der Waals surface area contributed by atoms with E-state index in [1.165, 1.54) is 12.1 Å². The molecule has 4 aromatic rings. The van der Waals surface area contributed by atoms with E-state index in [4.69, 9.17) is 0 Å². The molecule has 0 aliphatic heterocycles. The first kappa shape index (κ1) is 17.7. The number of amides is 1. The van der Waals surface area contributed by atoms with Crippen molar-refractivity contribution in [3.63, 3.8) is 0 Å². The number of hydrogen-bond acceptors (Lipinski definition) is 3. The van der Waals surface area contributed by atoms with Gasteiger partial charge in [-0.1, -0.05) is 6.07 Å². The average Bonchev–Trinajstić information content (AvgIpc) is 3.35. The Morgan fingerprint density at radius 3 is 2.50 bits per heavy atom. The summed E-state index contributed by atoms with van der Waals surface area (Å²) in [4.78, 5) is 17.2. The Kier molecular flexibility index (Phi) is 4.72. The number of aryl methyl sites for hydroxylation is 1. The summed E-state index contributed by atoms with van der Waals surface area (Å²) in [5.74, 6) is 0.0105. The predicted octanol–water partition coefficient (Wildman–Crippen LogP) is 3.44. The van der Waals surface area contributed by atoms with Crippen LogP contribution in [0.2, 0.25) is 0 Å². The third-order valence-corrected chi connectivity index (χ3v) is 4.34. The molecule has 0 bridgehead atoms. The molecule has 0 unspecified atom stereocenters. The number of hydrogen-bond donors (Lipinski definition) is 1. The first-order valence-electron chi connectivity index (χ1n) is 8.80. The third kappa shape index (κ3) is 3.42. The smallest absolute Gasteiger partial charge is 0.257 e. The van der Waals surface area contributed by atoms with Crippen LogP contribution in [0, 0.1) is 12.7 Å². The molecule has 7 heteroatoms. The van der Waals surface area contributed by atoms with Crippen molar-refractivity contribution in [2.45, 2.75) is 13.5 Å². The van der Waals surface area contributed by atoms with E-state index in [0.717, 1.165) is 5.69 Å². The Morgan fingerprint density at radius 1 is 1.07 bits per heavy atom. The highest BCUT2D eigenvalue weighted by atomic mass is 19.1. The molecule has 3 heterocycles. The van der Waals surface area contributed by atoms with Gasteiger partial charge in [0.15, 0.2) is 5.82 Å². The molecule has 4 rings (SSSR count). The lowest BCUT2D eigenvalue weighted by atomic mass is 10.2. The van der Waals surface area contributed by atoms with Gasteiger partial charge in [-0.2, -0.15) is 5.10 Å². The van der Waals surface area contributed by atoms with Crippen LogP contribution >= 0.6 is 0 Å². The molecule has 0 aliphatic rings. The third-order valence-electron chi connectivity index (χ3n) is 4.34. The maximum absolute atomic E-state index is 13.3. The van der Waals surface area contributed by atoms with Crippen molar-refractivity contribution in [3.8, 4) is 11.5 Å². The lowest BCUT2D eigenvalue weighted by Gasteiger charge is -2.11. The van der Waals surface area contributed by atoms with Gasteiger partial charge in [0.1, 0.15) is 11.4 Å². The molecular weight excluding hydrogens is 357 g/mol. The minimum absolute atomic E-state index is 0.250. The fourth-order valence-corrected chi connectivity index (χ4v) is 3.02. The molecule has 0 saturated heterocycles. The Morgan fingerprint density at radius 2 is 1.82 bits per heavy atom. The second kappa shape index (κ2) is 7.48. The number of pyridine rings is 1. The van der Waals surface area contributed by atoms with E-state index >= 15 is 0 Å². The molecule has 0 fully saturated rings. The van der Waals surface area contributed by atoms with E-state index < -0.39 is 0 Å². The molecule has 1 amide bonds. The van der Waals surface area contributed by atoms with Crippen molar-refractivity contribution in [2.75, 3.05) is 0 Å². The van der Waals surface area contributed by atoms with Crippen molar-refractivity contribution in [1.29, 1.82) is 0 Å². The number of carbonyl (C=O) groups is 1. The summed E-state index contributed by atoms with van der Waals surface area (Å²) in [7, 11) is 0. The lowest BCUT2D eigenvalue weighted by Crippen LogP contribution is -2.25. The normalized spacial score (nSPS) is 10.8. The molecule has 0 aliphatic carbocycles. The highest BCUT2D eigenvalue weighted by Crippen LogP contribution is 2.23. The van der Waals surface area contributed by atoms with E-state index in [1.807, 2.05) is 47.3 Å². The summed E-state index contributed by atoms with van der Waals surface area (Å²) in [6.45, 7) is 2.09. The molecule has 140 valence electrons. The molecule has 0 spiro atoms. The van der Waals surface area contributed by atoms with E-state index in [9.17, 15) is 9.18 Å². The molecule has 6 nitrogen and oxygen atoms in total. The van der Waals surface area contributed by atoms with Crippen molar-refractivity contribution in [3.05, 3.63) is 96.0 Å². The van der Waals surface area contributed by atoms with Crippen LogP contribution < -0.4 is 5.32 Å². The van der Waals surface area contributed by atoms with Gasteiger partial charge >= 0.3 is 0 Å². The van der Waals surface area contributed by atoms with Crippen LogP contribution in [0.4, 0.5) is 4.39 Å². The number of benzene rings is 1. The van der Waals surface area contributed by atoms with Crippen molar-refractivity contribution < 1.29 is 9.18 Å². The van der Waals surface area contributed by atoms with Gasteiger partial charge in [0.2, 0.25) is 0 Å². The fourth-order valence-electron chi connectivity index (χ4n) is 3.02. The van der Waals surface area contributed by atoms with Crippen LogP contribution in [0.25, 0.3) is 11.5 Å². The van der Waals surface area contributed by atoms with Crippen LogP contribution in [0.15, 0.2) is 73.2 Å². The summed E-state index contributed by atoms with van der Waals surface area (Å²) in [6.07, 6.45) is 5.36. The number of nitrogens with one attached hydrogen (secondary N) is 1. The van der Waals surface area contributed by atoms with Gasteiger partial charge in [0.05, 0.1) is 23.6 Å². The maximum atomic E-state index is 13.3. The van der Waals surface area contributed by atoms with Crippen LogP contribution in [0.5, 0.6) is 0 Å². The lowest BCUT2D eigenvalue weighted by molar-refractivity contribution is 0.0950. The highest BCUT2D eigenvalue weighted by Gasteiger charge is 2.23. The molecule has 1 aromatic carbocycles. The van der Waals surface area contributed by atoms with Gasteiger partial charge in [-0.15, -0.1) is 0 Å². The Bertz CT molecular complexity index is 1090. The highest BCUT2D eigenvalue weighted by molar-refractivity contribution is 5.98. The number of carbonyl (C=O) groups excluding carboxylic acids is 1. The van der Waals surface area contributed by atoms with Gasteiger partial charge in [-0.05, 0) is 55.5 Å². The second-order valence-corrected chi connectivity index (χ2v) is 6.27. The zero-order valence-electron chi connectivity index (χ0n) is 15.2. The Hall–Kier alpha value is -3.74. The average molecular weight is 375 g/mol. The summed E-state index contributed by atoms with van der Waals surface area (Å²) in [6, 6.07) is 15.3. The first-order valence-corrected chi connectivity index (χ1v) is 8.80. The van der Waals surface area contributed by atoms with Crippen LogP contribution in [0.3, 0.4) is 0 Å². The Balaban J connectivity index is 1.74. The standard InChI is InChI=1S/C21H18FN5O/c1-15-19(20(28)24-14-17-6-2-3-11-23-17)21(26-12-4-5-13-26)27(25-15)18-9-7-16(22)8-10-18/h2-13H,14H2,1H3,(H,24,28). The van der Waals surface area contributed by atoms with E-state index in [-0.39, 0.29) is 11.7 Å². The summed E-state index contributed by atoms with van der Waals surface area (Å²) in [5, 5.41) is 7.44. The van der Waals surface area contributed by atoms with Gasteiger partial charge in [0.25, 0.3) is 5.91 Å². The maximum Gasteiger partial charge on any atom is 0.257 e. The second-order valence-electron chi connectivity index (χ2n) is 6.27. The zero-order chi connectivity index (χ0) is 19.5. The SMILES string of the molecule is Cc1nn(-c2ccc(F)cc2)c(-n2cccc2)c1C(=O)NCc1ccccn1. The topological polar surface area (TPSA) is 64.7 Å². The van der Waals surface area contributed by atoms with Gasteiger partial charge in [-0.25, -0.2) is 9.07 Å². The monoisotopic (exact) mass is 375 g/mol. The van der Waals surface area contributed by atoms with E-state index in [2.05, 4.69) is 15.4 Å². The molecule has 1 N–H and O–H groups in total. The molecular formula is C21H18FN5O. The molecule has 3 aromatic heterocycles. The summed E-state index contributed by atoms with van der Waals surface area (Å²) < 4.78 is 16.8. The molecule has 0 atom stereocenters. The predicted molar refractivity (Wildman–Crippen MR) is 103 cm³/mol. The molecule has 28 heavy (non-hydrogen) atoms. The van der Waals surface area contributed by atoms with Crippen molar-refractivity contribution in [2.24, 2.45) is 0 Å². The van der Waals surface area contributed by atoms with Gasteiger partial charge in [0, 0.05) is 18.6 Å². The van der Waals surface area contributed by atoms with Crippen molar-refractivity contribution >= 4 is 5.91 Å². The summed E-state index contributed by atoms with van der Waals surface area (Å²) in [5.41, 5.74) is 2.46. The van der Waals surface area contributed by atoms with Crippen LogP contribution in [0.1, 0.15) is 21.7 Å². The Labute approximate surface area is 161 Å². The number of nitrogens with zero attached hydrogens (tertiary/aromatic N) is 4. The minimum atomic E-state index is -0.330. The number of rotatable bonds is 5. The minimum Gasteiger partial charge on any atom is -0.346 e. The van der Waals surface area contributed by atoms with Gasteiger partial charge in [-0.3, -0.25) is 9.78 Å². The number of aromatic nitrogens is 4. The van der Waals surface area contributed by atoms with E-state index in [0.29, 0.717) is 29.3 Å². The fraction of sp³-hybridized carbons (Fsp3) is 0.0952. The largest absolute Gasteiger partial charge is 0.346 e.